The second kappa shape index (κ2) is 15.1. The van der Waals surface area contributed by atoms with E-state index in [0.29, 0.717) is 19.4 Å². The molecular weight excluding hydrogens is 418 g/mol. The number of amides is 3. The van der Waals surface area contributed by atoms with Crippen molar-refractivity contribution in [2.75, 3.05) is 19.8 Å². The van der Waals surface area contributed by atoms with Crippen LogP contribution in [-0.2, 0) is 24.0 Å². The fourth-order valence-corrected chi connectivity index (χ4v) is 2.37. The Labute approximate surface area is 178 Å². The molecule has 14 heteroatoms. The summed E-state index contributed by atoms with van der Waals surface area (Å²) in [7, 11) is 0. The molecule has 4 atom stereocenters. The van der Waals surface area contributed by atoms with E-state index in [1.807, 2.05) is 5.32 Å². The number of rotatable bonds is 16. The molecular formula is C17H31N5O9. The lowest BCUT2D eigenvalue weighted by Crippen LogP contribution is -2.58. The van der Waals surface area contributed by atoms with Crippen molar-refractivity contribution in [2.24, 2.45) is 11.5 Å². The number of carbonyl (C=O) groups excluding carboxylic acids is 3. The molecule has 0 aliphatic heterocycles. The molecule has 0 heterocycles. The third-order valence-electron chi connectivity index (χ3n) is 4.20. The minimum absolute atomic E-state index is 0.120. The van der Waals surface area contributed by atoms with Crippen LogP contribution in [0.15, 0.2) is 0 Å². The van der Waals surface area contributed by atoms with E-state index in [-0.39, 0.29) is 19.3 Å². The van der Waals surface area contributed by atoms with Crippen LogP contribution in [0, 0.1) is 0 Å². The van der Waals surface area contributed by atoms with Crippen LogP contribution in [0.1, 0.15) is 32.1 Å². The van der Waals surface area contributed by atoms with Gasteiger partial charge < -0.3 is 47.8 Å². The van der Waals surface area contributed by atoms with Crippen LogP contribution in [-0.4, -0.2) is 94.0 Å². The number of hydrogen-bond acceptors (Lipinski definition) is 9. The number of aliphatic carboxylic acids is 2. The van der Waals surface area contributed by atoms with Crippen LogP contribution >= 0.6 is 0 Å². The highest BCUT2D eigenvalue weighted by Crippen LogP contribution is 2.04. The van der Waals surface area contributed by atoms with Crippen molar-refractivity contribution < 1.29 is 44.4 Å². The molecule has 0 aromatic carbocycles. The summed E-state index contributed by atoms with van der Waals surface area (Å²) in [6, 6.07) is -5.52. The van der Waals surface area contributed by atoms with E-state index in [1.165, 1.54) is 0 Å². The maximum atomic E-state index is 12.6. The predicted molar refractivity (Wildman–Crippen MR) is 105 cm³/mol. The first-order valence-electron chi connectivity index (χ1n) is 9.60. The molecule has 0 rings (SSSR count). The molecule has 11 N–H and O–H groups in total. The summed E-state index contributed by atoms with van der Waals surface area (Å²) in [5.41, 5.74) is 11.0. The van der Waals surface area contributed by atoms with Gasteiger partial charge in [0.2, 0.25) is 17.7 Å². The Morgan fingerprint density at radius 3 is 1.74 bits per heavy atom. The fourth-order valence-electron chi connectivity index (χ4n) is 2.37. The molecule has 0 radical (unpaired) electrons. The molecule has 14 nitrogen and oxygen atoms in total. The minimum atomic E-state index is -1.63. The maximum absolute atomic E-state index is 12.6. The Morgan fingerprint density at radius 2 is 1.26 bits per heavy atom. The number of hydrogen-bond donors (Lipinski definition) is 9. The Kier molecular flexibility index (Phi) is 13.7. The number of carbonyl (C=O) groups is 5. The number of carboxylic acids is 2. The van der Waals surface area contributed by atoms with Crippen LogP contribution < -0.4 is 27.4 Å². The first-order valence-corrected chi connectivity index (χ1v) is 9.60. The van der Waals surface area contributed by atoms with Gasteiger partial charge in [-0.05, 0) is 32.2 Å². The summed E-state index contributed by atoms with van der Waals surface area (Å²) in [5.74, 6) is -5.32. The SMILES string of the molecule is NCCCCC(NC(=O)C(N)CCC(=O)O)C(=O)NC(CO)C(=O)NC(CO)C(=O)O. The van der Waals surface area contributed by atoms with Gasteiger partial charge >= 0.3 is 11.9 Å². The fraction of sp³-hybridized carbons (Fsp3) is 0.706. The minimum Gasteiger partial charge on any atom is -0.481 e. The third kappa shape index (κ3) is 11.2. The largest absolute Gasteiger partial charge is 0.481 e. The number of nitrogens with one attached hydrogen (secondary N) is 3. The van der Waals surface area contributed by atoms with E-state index in [1.54, 1.807) is 0 Å². The van der Waals surface area contributed by atoms with E-state index in [2.05, 4.69) is 10.6 Å². The lowest BCUT2D eigenvalue weighted by atomic mass is 10.1. The van der Waals surface area contributed by atoms with Crippen LogP contribution in [0.2, 0.25) is 0 Å². The molecule has 0 aliphatic carbocycles. The van der Waals surface area contributed by atoms with Gasteiger partial charge in [-0.1, -0.05) is 0 Å². The van der Waals surface area contributed by atoms with Crippen molar-refractivity contribution in [3.8, 4) is 0 Å². The predicted octanol–water partition coefficient (Wildman–Crippen LogP) is -4.17. The average Bonchev–Trinajstić information content (AvgIpc) is 2.72. The summed E-state index contributed by atoms with van der Waals surface area (Å²) in [4.78, 5) is 58.4. The molecule has 0 aliphatic rings. The summed E-state index contributed by atoms with van der Waals surface area (Å²) < 4.78 is 0. The van der Waals surface area contributed by atoms with E-state index < -0.39 is 67.0 Å². The van der Waals surface area contributed by atoms with Crippen molar-refractivity contribution in [1.29, 1.82) is 0 Å². The van der Waals surface area contributed by atoms with E-state index in [0.717, 1.165) is 0 Å². The van der Waals surface area contributed by atoms with Crippen molar-refractivity contribution in [2.45, 2.75) is 56.3 Å². The molecule has 4 unspecified atom stereocenters. The van der Waals surface area contributed by atoms with E-state index in [4.69, 9.17) is 26.8 Å². The summed E-state index contributed by atoms with van der Waals surface area (Å²) >= 11 is 0. The molecule has 0 bridgehead atoms. The van der Waals surface area contributed by atoms with Crippen LogP contribution in [0.5, 0.6) is 0 Å². The van der Waals surface area contributed by atoms with Gasteiger partial charge in [0.15, 0.2) is 0 Å². The Bertz CT molecular complexity index is 631. The van der Waals surface area contributed by atoms with Gasteiger partial charge in [-0.3, -0.25) is 19.2 Å². The number of carboxylic acid groups (broad SMARTS) is 2. The van der Waals surface area contributed by atoms with Gasteiger partial charge in [-0.25, -0.2) is 4.79 Å². The third-order valence-corrected chi connectivity index (χ3v) is 4.20. The molecule has 0 fully saturated rings. The number of aliphatic hydroxyl groups excluding tert-OH is 2. The van der Waals surface area contributed by atoms with Gasteiger partial charge in [0.25, 0.3) is 0 Å². The molecule has 0 saturated heterocycles. The topological polar surface area (TPSA) is 254 Å². The molecule has 0 saturated carbocycles. The highest BCUT2D eigenvalue weighted by molar-refractivity contribution is 5.94. The Balaban J connectivity index is 5.15. The van der Waals surface area contributed by atoms with E-state index >= 15 is 0 Å². The zero-order valence-corrected chi connectivity index (χ0v) is 17.0. The second-order valence-corrected chi connectivity index (χ2v) is 6.71. The van der Waals surface area contributed by atoms with Crippen molar-refractivity contribution in [1.82, 2.24) is 16.0 Å². The van der Waals surface area contributed by atoms with Gasteiger partial charge in [0.05, 0.1) is 19.3 Å². The zero-order chi connectivity index (χ0) is 24.0. The van der Waals surface area contributed by atoms with Crippen LogP contribution in [0.3, 0.4) is 0 Å². The lowest BCUT2D eigenvalue weighted by molar-refractivity contribution is -0.143. The monoisotopic (exact) mass is 449 g/mol. The number of aliphatic hydroxyl groups is 2. The standard InChI is InChI=1S/C17H31N5O9/c18-6-2-1-3-10(20-14(27)9(19)4-5-13(25)26)15(28)21-11(7-23)16(29)22-12(8-24)17(30)31/h9-12,23-24H,1-8,18-19H2,(H,20,27)(H,21,28)(H,22,29)(H,25,26)(H,30,31). The highest BCUT2D eigenvalue weighted by Gasteiger charge is 2.29. The summed E-state index contributed by atoms with van der Waals surface area (Å²) in [6.45, 7) is -1.45. The molecule has 31 heavy (non-hydrogen) atoms. The van der Waals surface area contributed by atoms with Crippen LogP contribution in [0.25, 0.3) is 0 Å². The van der Waals surface area contributed by atoms with Gasteiger partial charge in [-0.2, -0.15) is 0 Å². The quantitative estimate of drug-likeness (QED) is 0.102. The van der Waals surface area contributed by atoms with Crippen molar-refractivity contribution in [3.63, 3.8) is 0 Å². The Hall–Kier alpha value is -2.81. The van der Waals surface area contributed by atoms with Crippen LogP contribution in [0.4, 0.5) is 0 Å². The van der Waals surface area contributed by atoms with Gasteiger partial charge in [0.1, 0.15) is 18.1 Å². The maximum Gasteiger partial charge on any atom is 0.328 e. The van der Waals surface area contributed by atoms with Gasteiger partial charge in [-0.15, -0.1) is 0 Å². The zero-order valence-electron chi connectivity index (χ0n) is 17.0. The van der Waals surface area contributed by atoms with Crippen molar-refractivity contribution in [3.05, 3.63) is 0 Å². The lowest BCUT2D eigenvalue weighted by Gasteiger charge is -2.24. The van der Waals surface area contributed by atoms with Gasteiger partial charge in [0, 0.05) is 6.42 Å². The molecule has 3 amide bonds. The molecule has 0 aromatic heterocycles. The smallest absolute Gasteiger partial charge is 0.328 e. The molecule has 0 aromatic rings. The number of nitrogens with two attached hydrogens (primary N) is 2. The highest BCUT2D eigenvalue weighted by atomic mass is 16.4. The average molecular weight is 449 g/mol. The van der Waals surface area contributed by atoms with E-state index in [9.17, 15) is 29.1 Å². The molecule has 0 spiro atoms. The normalized spacial score (nSPS) is 14.6. The second-order valence-electron chi connectivity index (χ2n) is 6.71. The first kappa shape index (κ1) is 28.2. The Morgan fingerprint density at radius 1 is 0.742 bits per heavy atom. The van der Waals surface area contributed by atoms with Crippen molar-refractivity contribution >= 4 is 29.7 Å². The molecule has 178 valence electrons. The first-order chi connectivity index (χ1) is 14.6. The summed E-state index contributed by atoms with van der Waals surface area (Å²) in [5, 5.41) is 42.4. The number of unbranched alkanes of at least 4 members (excludes halogenated alkanes) is 1. The summed E-state index contributed by atoms with van der Waals surface area (Å²) in [6.07, 6.45) is 0.583.